The molecule has 9 aromatic rings. The van der Waals surface area contributed by atoms with Gasteiger partial charge in [0, 0.05) is 16.5 Å². The fraction of sp³-hybridized carbons (Fsp3) is 0. The summed E-state index contributed by atoms with van der Waals surface area (Å²) in [5, 5.41) is 16.3. The number of pyridine rings is 1. The van der Waals surface area contributed by atoms with Crippen molar-refractivity contribution >= 4 is 43.6 Å². The lowest BCUT2D eigenvalue weighted by molar-refractivity contribution is 0.477. The van der Waals surface area contributed by atoms with Crippen LogP contribution in [0.4, 0.5) is 0 Å². The molecule has 0 saturated carbocycles. The molecule has 216 valence electrons. The summed E-state index contributed by atoms with van der Waals surface area (Å²) in [4.78, 5) is 5.32. The first kappa shape index (κ1) is 26.2. The molecule has 9 rings (SSSR count). The Bertz CT molecular complexity index is 2600. The number of rotatable bonds is 4. The third kappa shape index (κ3) is 4.17. The largest absolute Gasteiger partial charge is 0.507 e. The molecule has 0 aliphatic rings. The monoisotopic (exact) mass is 589 g/mol. The Balaban J connectivity index is 1.27. The van der Waals surface area contributed by atoms with Gasteiger partial charge in [0.25, 0.3) is 0 Å². The number of phenols is 1. The number of hydrogen-bond donors (Lipinski definition) is 1. The number of hydrogen-bond acceptors (Lipinski definition) is 3. The van der Waals surface area contributed by atoms with E-state index in [4.69, 9.17) is 9.40 Å². The molecule has 3 heteroatoms. The Morgan fingerprint density at radius 1 is 0.457 bits per heavy atom. The van der Waals surface area contributed by atoms with E-state index in [1.165, 1.54) is 0 Å². The van der Waals surface area contributed by atoms with Gasteiger partial charge in [-0.1, -0.05) is 127 Å². The lowest BCUT2D eigenvalue weighted by Crippen LogP contribution is -1.91. The SMILES string of the molecule is Oc1ccccc1-c1cc(-c2cccc(-c3nc4ccc5ccccc5c4c4oc5ccccc5c34)c2)ccc1-c1ccccc1. The average Bonchev–Trinajstić information content (AvgIpc) is 3.51. The standard InChI is InChI=1S/C43H27NO2/c45-38-19-8-6-17-34(38)36-26-30(21-23-32(36)27-11-2-1-3-12-27)29-14-10-15-31(25-29)42-41-35-18-7-9-20-39(35)46-43(41)40-33-16-5-4-13-28(33)22-24-37(40)44-42/h1-26,45H. The van der Waals surface area contributed by atoms with Crippen molar-refractivity contribution in [1.82, 2.24) is 4.98 Å². The summed E-state index contributed by atoms with van der Waals surface area (Å²) in [7, 11) is 0. The van der Waals surface area contributed by atoms with Crippen molar-refractivity contribution in [2.75, 3.05) is 0 Å². The van der Waals surface area contributed by atoms with Crippen LogP contribution in [0.1, 0.15) is 0 Å². The van der Waals surface area contributed by atoms with Crippen LogP contribution in [0.3, 0.4) is 0 Å². The average molecular weight is 590 g/mol. The van der Waals surface area contributed by atoms with Crippen LogP contribution in [0.5, 0.6) is 5.75 Å². The minimum absolute atomic E-state index is 0.257. The van der Waals surface area contributed by atoms with Gasteiger partial charge in [-0.25, -0.2) is 4.98 Å². The molecule has 46 heavy (non-hydrogen) atoms. The van der Waals surface area contributed by atoms with Crippen molar-refractivity contribution < 1.29 is 9.52 Å². The molecule has 7 aromatic carbocycles. The fourth-order valence-corrected chi connectivity index (χ4v) is 6.80. The van der Waals surface area contributed by atoms with Crippen molar-refractivity contribution in [2.24, 2.45) is 0 Å². The zero-order valence-electron chi connectivity index (χ0n) is 24.8. The summed E-state index contributed by atoms with van der Waals surface area (Å²) >= 11 is 0. The van der Waals surface area contributed by atoms with Crippen molar-refractivity contribution in [2.45, 2.75) is 0 Å². The zero-order chi connectivity index (χ0) is 30.6. The van der Waals surface area contributed by atoms with Gasteiger partial charge in [-0.15, -0.1) is 0 Å². The molecule has 0 spiro atoms. The summed E-state index contributed by atoms with van der Waals surface area (Å²) in [6.07, 6.45) is 0. The van der Waals surface area contributed by atoms with Gasteiger partial charge in [0.15, 0.2) is 0 Å². The predicted molar refractivity (Wildman–Crippen MR) is 190 cm³/mol. The summed E-state index contributed by atoms with van der Waals surface area (Å²) in [5.41, 5.74) is 10.6. The highest BCUT2D eigenvalue weighted by Gasteiger charge is 2.20. The molecule has 1 N–H and O–H groups in total. The van der Waals surface area contributed by atoms with Gasteiger partial charge in [0.2, 0.25) is 0 Å². The number of furan rings is 1. The van der Waals surface area contributed by atoms with Crippen molar-refractivity contribution in [1.29, 1.82) is 0 Å². The van der Waals surface area contributed by atoms with E-state index in [0.717, 1.165) is 88.3 Å². The first-order chi connectivity index (χ1) is 22.7. The maximum Gasteiger partial charge on any atom is 0.147 e. The van der Waals surface area contributed by atoms with Gasteiger partial charge in [0.1, 0.15) is 16.9 Å². The number of aromatic hydroxyl groups is 1. The Kier molecular flexibility index (Phi) is 5.97. The molecule has 0 aliphatic heterocycles. The molecular weight excluding hydrogens is 562 g/mol. The van der Waals surface area contributed by atoms with Gasteiger partial charge in [-0.05, 0) is 68.9 Å². The minimum atomic E-state index is 0.257. The molecule has 2 heterocycles. The molecule has 0 unspecified atom stereocenters. The molecule has 0 aliphatic carbocycles. The molecule has 0 saturated heterocycles. The lowest BCUT2D eigenvalue weighted by Gasteiger charge is -2.15. The van der Waals surface area contributed by atoms with Gasteiger partial charge < -0.3 is 9.52 Å². The van der Waals surface area contributed by atoms with Crippen molar-refractivity contribution in [3.8, 4) is 50.4 Å². The van der Waals surface area contributed by atoms with Crippen molar-refractivity contribution in [3.05, 3.63) is 158 Å². The molecule has 0 amide bonds. The topological polar surface area (TPSA) is 46.3 Å². The van der Waals surface area contributed by atoms with E-state index in [2.05, 4.69) is 103 Å². The molecule has 0 fully saturated rings. The Labute approximate surface area is 265 Å². The second-order valence-corrected chi connectivity index (χ2v) is 11.7. The number of para-hydroxylation sites is 2. The Morgan fingerprint density at radius 2 is 1.17 bits per heavy atom. The number of phenolic OH excluding ortho intramolecular Hbond substituents is 1. The van der Waals surface area contributed by atoms with Crippen LogP contribution < -0.4 is 0 Å². The van der Waals surface area contributed by atoms with E-state index in [0.29, 0.717) is 0 Å². The van der Waals surface area contributed by atoms with Gasteiger partial charge in [0.05, 0.1) is 22.0 Å². The van der Waals surface area contributed by atoms with Gasteiger partial charge in [-0.3, -0.25) is 0 Å². The van der Waals surface area contributed by atoms with E-state index in [1.807, 2.05) is 48.5 Å². The molecule has 3 nitrogen and oxygen atoms in total. The molecule has 0 atom stereocenters. The second kappa shape index (κ2) is 10.5. The van der Waals surface area contributed by atoms with Crippen LogP contribution in [-0.2, 0) is 0 Å². The van der Waals surface area contributed by atoms with Crippen LogP contribution in [-0.4, -0.2) is 10.1 Å². The zero-order valence-corrected chi connectivity index (χ0v) is 24.8. The van der Waals surface area contributed by atoms with Gasteiger partial charge >= 0.3 is 0 Å². The minimum Gasteiger partial charge on any atom is -0.507 e. The summed E-state index contributed by atoms with van der Waals surface area (Å²) < 4.78 is 6.62. The normalized spacial score (nSPS) is 11.6. The van der Waals surface area contributed by atoms with E-state index in [-0.39, 0.29) is 5.75 Å². The third-order valence-electron chi connectivity index (χ3n) is 8.97. The van der Waals surface area contributed by atoms with Crippen LogP contribution >= 0.6 is 0 Å². The maximum atomic E-state index is 10.9. The maximum absolute atomic E-state index is 10.9. The molecule has 2 aromatic heterocycles. The summed E-state index contributed by atoms with van der Waals surface area (Å²) in [5.74, 6) is 0.257. The smallest absolute Gasteiger partial charge is 0.147 e. The highest BCUT2D eigenvalue weighted by molar-refractivity contribution is 6.25. The summed E-state index contributed by atoms with van der Waals surface area (Å²) in [6.45, 7) is 0. The second-order valence-electron chi connectivity index (χ2n) is 11.7. The van der Waals surface area contributed by atoms with E-state index in [1.54, 1.807) is 6.07 Å². The van der Waals surface area contributed by atoms with Crippen LogP contribution in [0.15, 0.2) is 162 Å². The van der Waals surface area contributed by atoms with Crippen LogP contribution in [0.2, 0.25) is 0 Å². The fourth-order valence-electron chi connectivity index (χ4n) is 6.80. The molecule has 0 bridgehead atoms. The first-order valence-electron chi connectivity index (χ1n) is 15.4. The lowest BCUT2D eigenvalue weighted by atomic mass is 9.90. The highest BCUT2D eigenvalue weighted by Crippen LogP contribution is 2.43. The van der Waals surface area contributed by atoms with E-state index in [9.17, 15) is 5.11 Å². The number of fused-ring (bicyclic) bond motifs is 7. The van der Waals surface area contributed by atoms with Crippen LogP contribution in [0, 0.1) is 0 Å². The number of aromatic nitrogens is 1. The first-order valence-corrected chi connectivity index (χ1v) is 15.4. The van der Waals surface area contributed by atoms with Crippen LogP contribution in [0.25, 0.3) is 88.3 Å². The number of benzene rings is 7. The highest BCUT2D eigenvalue weighted by atomic mass is 16.3. The predicted octanol–water partition coefficient (Wildman–Crippen LogP) is 11.7. The number of nitrogens with zero attached hydrogens (tertiary/aromatic N) is 1. The molecular formula is C43H27NO2. The molecule has 0 radical (unpaired) electrons. The van der Waals surface area contributed by atoms with E-state index < -0.39 is 0 Å². The third-order valence-corrected chi connectivity index (χ3v) is 8.97. The Morgan fingerprint density at radius 3 is 2.07 bits per heavy atom. The Hall–Kier alpha value is -6.19. The summed E-state index contributed by atoms with van der Waals surface area (Å²) in [6, 6.07) is 53.8. The van der Waals surface area contributed by atoms with Gasteiger partial charge in [-0.2, -0.15) is 0 Å². The van der Waals surface area contributed by atoms with E-state index >= 15 is 0 Å². The quantitative estimate of drug-likeness (QED) is 0.208. The van der Waals surface area contributed by atoms with Crippen molar-refractivity contribution in [3.63, 3.8) is 0 Å².